The van der Waals surface area contributed by atoms with E-state index in [2.05, 4.69) is 34.6 Å². The molecule has 0 radical (unpaired) electrons. The Kier molecular flexibility index (Phi) is 11.7. The Morgan fingerprint density at radius 3 is 2.78 bits per heavy atom. The number of aryl methyl sites for hydroxylation is 2. The fourth-order valence-electron chi connectivity index (χ4n) is 3.41. The summed E-state index contributed by atoms with van der Waals surface area (Å²) in [6, 6.07) is 0.417. The number of hydrogen-bond donors (Lipinski definition) is 2. The molecule has 0 spiro atoms. The van der Waals surface area contributed by atoms with Crippen LogP contribution in [0.4, 0.5) is 0 Å². The molecule has 156 valence electrons. The number of unbranched alkanes of at least 4 members (excludes halogenated alkanes) is 3. The number of nitrogens with one attached hydrogen (secondary N) is 2. The van der Waals surface area contributed by atoms with Crippen LogP contribution in [0.5, 0.6) is 0 Å². The monoisotopic (exact) mass is 492 g/mol. The number of rotatable bonds is 10. The summed E-state index contributed by atoms with van der Waals surface area (Å²) in [6.07, 6.45) is 10.3. The van der Waals surface area contributed by atoms with Crippen LogP contribution in [0, 0.1) is 0 Å². The van der Waals surface area contributed by atoms with E-state index in [1.165, 1.54) is 25.7 Å². The molecule has 2 N–H and O–H groups in total. The zero-order valence-electron chi connectivity index (χ0n) is 17.2. The Hall–Kier alpha value is -1.06. The first kappa shape index (κ1) is 24.0. The predicted molar refractivity (Wildman–Crippen MR) is 122 cm³/mol. The van der Waals surface area contributed by atoms with Gasteiger partial charge in [-0.05, 0) is 32.6 Å². The maximum atomic E-state index is 12.3. The third-order valence-corrected chi connectivity index (χ3v) is 4.97. The van der Waals surface area contributed by atoms with Crippen molar-refractivity contribution in [3.8, 4) is 0 Å². The van der Waals surface area contributed by atoms with Crippen molar-refractivity contribution in [3.05, 3.63) is 16.3 Å². The van der Waals surface area contributed by atoms with Crippen LogP contribution >= 0.6 is 24.0 Å². The van der Waals surface area contributed by atoms with Gasteiger partial charge in [0.1, 0.15) is 5.82 Å². The van der Waals surface area contributed by atoms with Crippen LogP contribution in [-0.4, -0.2) is 39.9 Å². The summed E-state index contributed by atoms with van der Waals surface area (Å²) < 4.78 is 3.45. The van der Waals surface area contributed by atoms with Gasteiger partial charge in [-0.2, -0.15) is 5.10 Å². The van der Waals surface area contributed by atoms with Crippen molar-refractivity contribution in [2.24, 2.45) is 4.99 Å². The van der Waals surface area contributed by atoms with Crippen molar-refractivity contribution < 1.29 is 0 Å². The Bertz CT molecular complexity index is 624. The molecule has 27 heavy (non-hydrogen) atoms. The maximum absolute atomic E-state index is 12.3. The van der Waals surface area contributed by atoms with Crippen molar-refractivity contribution in [2.75, 3.05) is 13.6 Å². The second kappa shape index (κ2) is 13.2. The minimum absolute atomic E-state index is 0. The van der Waals surface area contributed by atoms with Crippen molar-refractivity contribution in [1.82, 2.24) is 25.0 Å². The zero-order chi connectivity index (χ0) is 18.8. The molecule has 2 rings (SSSR count). The van der Waals surface area contributed by atoms with Gasteiger partial charge in [0, 0.05) is 39.1 Å². The summed E-state index contributed by atoms with van der Waals surface area (Å²) in [5.41, 5.74) is 0.0444. The lowest BCUT2D eigenvalue weighted by atomic mass is 10.1. The number of fused-ring (bicyclic) bond motifs is 1. The molecule has 0 amide bonds. The average molecular weight is 492 g/mol. The van der Waals surface area contributed by atoms with E-state index in [0.717, 1.165) is 57.0 Å². The number of aromatic nitrogens is 3. The Morgan fingerprint density at radius 1 is 1.26 bits per heavy atom. The maximum Gasteiger partial charge on any atom is 0.345 e. The van der Waals surface area contributed by atoms with Gasteiger partial charge in [-0.3, -0.25) is 9.56 Å². The quantitative estimate of drug-likeness (QED) is 0.228. The summed E-state index contributed by atoms with van der Waals surface area (Å²) in [5, 5.41) is 11.3. The minimum atomic E-state index is 0. The van der Waals surface area contributed by atoms with Gasteiger partial charge in [0.2, 0.25) is 0 Å². The Morgan fingerprint density at radius 2 is 2.07 bits per heavy atom. The summed E-state index contributed by atoms with van der Waals surface area (Å²) >= 11 is 0. The molecule has 8 heteroatoms. The first-order valence-electron chi connectivity index (χ1n) is 10.3. The number of aliphatic imine (C=N–C) groups is 1. The van der Waals surface area contributed by atoms with Gasteiger partial charge in [-0.15, -0.1) is 24.0 Å². The van der Waals surface area contributed by atoms with Crippen molar-refractivity contribution in [3.63, 3.8) is 0 Å². The number of guanidine groups is 1. The third kappa shape index (κ3) is 7.83. The van der Waals surface area contributed by atoms with E-state index in [0.29, 0.717) is 12.6 Å². The molecule has 1 unspecified atom stereocenters. The van der Waals surface area contributed by atoms with Crippen LogP contribution < -0.4 is 16.3 Å². The van der Waals surface area contributed by atoms with Crippen LogP contribution in [0.2, 0.25) is 0 Å². The van der Waals surface area contributed by atoms with Crippen LogP contribution in [0.3, 0.4) is 0 Å². The second-order valence-electron chi connectivity index (χ2n) is 7.28. The molecule has 0 aliphatic carbocycles. The Balaban J connectivity index is 0.00000364. The zero-order valence-corrected chi connectivity index (χ0v) is 19.5. The van der Waals surface area contributed by atoms with Crippen LogP contribution in [0.15, 0.2) is 9.79 Å². The second-order valence-corrected chi connectivity index (χ2v) is 7.28. The van der Waals surface area contributed by atoms with Gasteiger partial charge in [-0.25, -0.2) is 9.48 Å². The van der Waals surface area contributed by atoms with E-state index < -0.39 is 0 Å². The van der Waals surface area contributed by atoms with E-state index in [-0.39, 0.29) is 29.7 Å². The predicted octanol–water partition coefficient (Wildman–Crippen LogP) is 2.91. The van der Waals surface area contributed by atoms with Crippen LogP contribution in [0.25, 0.3) is 0 Å². The molecular weight excluding hydrogens is 455 g/mol. The molecule has 0 saturated carbocycles. The summed E-state index contributed by atoms with van der Waals surface area (Å²) in [5.74, 6) is 1.79. The molecule has 1 aliphatic rings. The highest BCUT2D eigenvalue weighted by Crippen LogP contribution is 2.09. The molecule has 0 aromatic carbocycles. The lowest BCUT2D eigenvalue weighted by Gasteiger charge is -2.17. The van der Waals surface area contributed by atoms with Gasteiger partial charge in [0.05, 0.1) is 0 Å². The highest BCUT2D eigenvalue weighted by atomic mass is 127. The van der Waals surface area contributed by atoms with Crippen molar-refractivity contribution in [2.45, 2.75) is 90.8 Å². The molecule has 0 saturated heterocycles. The summed E-state index contributed by atoms with van der Waals surface area (Å²) in [4.78, 5) is 16.6. The fraction of sp³-hybridized carbons (Fsp3) is 0.842. The standard InChI is InChI=1S/C19H36N6O.HI/c1-4-5-6-7-11-16(2)22-18(20-3)21-13-10-15-25-19(26)24-14-9-8-12-17(24)23-25;/h16H,4-15H2,1-3H3,(H2,20,21,22);1H. The van der Waals surface area contributed by atoms with Gasteiger partial charge < -0.3 is 10.6 Å². The molecule has 0 fully saturated rings. The van der Waals surface area contributed by atoms with E-state index in [1.807, 2.05) is 4.57 Å². The lowest BCUT2D eigenvalue weighted by Crippen LogP contribution is -2.42. The van der Waals surface area contributed by atoms with Gasteiger partial charge >= 0.3 is 5.69 Å². The highest BCUT2D eigenvalue weighted by molar-refractivity contribution is 14.0. The third-order valence-electron chi connectivity index (χ3n) is 4.97. The highest BCUT2D eigenvalue weighted by Gasteiger charge is 2.16. The summed E-state index contributed by atoms with van der Waals surface area (Å²) in [6.45, 7) is 6.68. The number of nitrogens with zero attached hydrogens (tertiary/aromatic N) is 4. The van der Waals surface area contributed by atoms with E-state index >= 15 is 0 Å². The molecule has 7 nitrogen and oxygen atoms in total. The van der Waals surface area contributed by atoms with E-state index in [4.69, 9.17) is 0 Å². The van der Waals surface area contributed by atoms with Gasteiger partial charge in [0.15, 0.2) is 5.96 Å². The molecule has 0 bridgehead atoms. The smallest absolute Gasteiger partial charge is 0.345 e. The van der Waals surface area contributed by atoms with Crippen molar-refractivity contribution >= 4 is 29.9 Å². The molecule has 1 aliphatic heterocycles. The topological polar surface area (TPSA) is 76.2 Å². The molecule has 1 atom stereocenters. The van der Waals surface area contributed by atoms with E-state index in [1.54, 1.807) is 11.7 Å². The SMILES string of the molecule is CCCCCCC(C)NC(=NC)NCCCn1nc2n(c1=O)CCCC2.I. The van der Waals surface area contributed by atoms with E-state index in [9.17, 15) is 4.79 Å². The largest absolute Gasteiger partial charge is 0.356 e. The van der Waals surface area contributed by atoms with Crippen molar-refractivity contribution in [1.29, 1.82) is 0 Å². The summed E-state index contributed by atoms with van der Waals surface area (Å²) in [7, 11) is 1.80. The van der Waals surface area contributed by atoms with Crippen LogP contribution in [-0.2, 0) is 19.5 Å². The van der Waals surface area contributed by atoms with Gasteiger partial charge in [0.25, 0.3) is 0 Å². The molecule has 1 aromatic rings. The first-order valence-corrected chi connectivity index (χ1v) is 10.3. The average Bonchev–Trinajstić information content (AvgIpc) is 2.97. The van der Waals surface area contributed by atoms with Crippen LogP contribution in [0.1, 0.15) is 71.0 Å². The van der Waals surface area contributed by atoms with Gasteiger partial charge in [-0.1, -0.05) is 32.6 Å². The fourth-order valence-corrected chi connectivity index (χ4v) is 3.41. The normalized spacial score (nSPS) is 15.0. The lowest BCUT2D eigenvalue weighted by molar-refractivity contribution is 0.508. The number of halogens is 1. The number of hydrogen-bond acceptors (Lipinski definition) is 3. The first-order chi connectivity index (χ1) is 12.7. The molecule has 2 heterocycles. The Labute approximate surface area is 180 Å². The molecule has 1 aromatic heterocycles. The molecular formula is C19H37IN6O. The minimum Gasteiger partial charge on any atom is -0.356 e.